The fourth-order valence-electron chi connectivity index (χ4n) is 6.16. The maximum absolute atomic E-state index is 14.0. The highest BCUT2D eigenvalue weighted by Gasteiger charge is 2.50. The van der Waals surface area contributed by atoms with Crippen molar-refractivity contribution in [1.82, 2.24) is 14.3 Å². The van der Waals surface area contributed by atoms with Gasteiger partial charge in [-0.1, -0.05) is 49.2 Å². The van der Waals surface area contributed by atoms with E-state index in [-0.39, 0.29) is 23.7 Å². The van der Waals surface area contributed by atoms with Gasteiger partial charge >= 0.3 is 0 Å². The van der Waals surface area contributed by atoms with Crippen LogP contribution in [0.15, 0.2) is 79.0 Å². The van der Waals surface area contributed by atoms with E-state index in [1.807, 2.05) is 64.0 Å². The first kappa shape index (κ1) is 22.0. The van der Waals surface area contributed by atoms with E-state index >= 15 is 0 Å². The van der Waals surface area contributed by atoms with Crippen molar-refractivity contribution in [3.8, 4) is 11.3 Å². The maximum Gasteiger partial charge on any atom is 0.290 e. The van der Waals surface area contributed by atoms with Crippen molar-refractivity contribution in [1.29, 1.82) is 0 Å². The number of hydrogen-bond donors (Lipinski definition) is 1. The van der Waals surface area contributed by atoms with Crippen molar-refractivity contribution in [2.45, 2.75) is 43.7 Å². The highest BCUT2D eigenvalue weighted by Crippen LogP contribution is 2.47. The summed E-state index contributed by atoms with van der Waals surface area (Å²) >= 11 is 0. The zero-order valence-corrected chi connectivity index (χ0v) is 19.5. The first-order valence-corrected chi connectivity index (χ1v) is 12.4. The Morgan fingerprint density at radius 1 is 0.971 bits per heavy atom. The minimum Gasteiger partial charge on any atom is -0.385 e. The quantitative estimate of drug-likeness (QED) is 0.435. The van der Waals surface area contributed by atoms with Crippen molar-refractivity contribution in [3.05, 3.63) is 96.2 Å². The van der Waals surface area contributed by atoms with E-state index in [1.54, 1.807) is 12.1 Å². The Balaban J connectivity index is 1.39. The highest BCUT2D eigenvalue weighted by molar-refractivity contribution is 5.95. The van der Waals surface area contributed by atoms with Gasteiger partial charge in [-0.25, -0.2) is 9.37 Å². The molecule has 2 fully saturated rings. The highest BCUT2D eigenvalue weighted by atomic mass is 19.1. The molecule has 2 aliphatic rings. The Morgan fingerprint density at radius 3 is 2.51 bits per heavy atom. The predicted octanol–water partition coefficient (Wildman–Crippen LogP) is 5.43. The van der Waals surface area contributed by atoms with Crippen LogP contribution in [0.5, 0.6) is 0 Å². The fraction of sp³-hybridized carbons (Fsp3) is 0.310. The van der Waals surface area contributed by atoms with E-state index in [0.29, 0.717) is 24.5 Å². The molecule has 5 nitrogen and oxygen atoms in total. The number of carbonyl (C=O) groups excluding carboxylic acids is 1. The van der Waals surface area contributed by atoms with Crippen LogP contribution in [0.4, 0.5) is 4.39 Å². The second-order valence-electron chi connectivity index (χ2n) is 9.74. The Kier molecular flexibility index (Phi) is 5.41. The molecule has 3 heterocycles. The molecule has 2 aromatic carbocycles. The third-order valence-electron chi connectivity index (χ3n) is 7.87. The van der Waals surface area contributed by atoms with Crippen LogP contribution < -0.4 is 0 Å². The lowest BCUT2D eigenvalue weighted by Gasteiger charge is -2.52. The lowest BCUT2D eigenvalue weighted by Crippen LogP contribution is -2.59. The van der Waals surface area contributed by atoms with Crippen LogP contribution in [-0.2, 0) is 5.60 Å². The van der Waals surface area contributed by atoms with Crippen LogP contribution in [0, 0.1) is 11.7 Å². The number of carbonyl (C=O) groups is 1. The van der Waals surface area contributed by atoms with Gasteiger partial charge in [0.2, 0.25) is 5.82 Å². The number of imidazole rings is 1. The van der Waals surface area contributed by atoms with E-state index < -0.39 is 5.60 Å². The molecule has 2 aromatic heterocycles. The smallest absolute Gasteiger partial charge is 0.290 e. The summed E-state index contributed by atoms with van der Waals surface area (Å²) < 4.78 is 15.4. The lowest BCUT2D eigenvalue weighted by molar-refractivity contribution is -0.110. The molecule has 0 spiro atoms. The summed E-state index contributed by atoms with van der Waals surface area (Å²) in [5.74, 6) is -0.0868. The molecular formula is C29H28FN3O2. The van der Waals surface area contributed by atoms with E-state index in [0.717, 1.165) is 42.3 Å². The molecule has 6 heteroatoms. The van der Waals surface area contributed by atoms with Crippen molar-refractivity contribution < 1.29 is 14.3 Å². The van der Waals surface area contributed by atoms with Crippen molar-refractivity contribution >= 4 is 11.4 Å². The van der Waals surface area contributed by atoms with Crippen LogP contribution in [-0.4, -0.2) is 37.9 Å². The van der Waals surface area contributed by atoms with Gasteiger partial charge < -0.3 is 10.0 Å². The van der Waals surface area contributed by atoms with Crippen LogP contribution in [0.2, 0.25) is 0 Å². The molecule has 178 valence electrons. The SMILES string of the molecule is O=C(c1nc(-c2ccc(F)cc2)c2ccccn12)N1CCC(O)(c2ccccc2)C2CCCCC21. The molecule has 1 aliphatic heterocycles. The molecule has 4 aromatic rings. The number of rotatable bonds is 3. The molecule has 3 atom stereocenters. The number of halogens is 1. The monoisotopic (exact) mass is 469 g/mol. The molecule has 0 bridgehead atoms. The number of aromatic nitrogens is 2. The zero-order valence-electron chi connectivity index (χ0n) is 19.5. The summed E-state index contributed by atoms with van der Waals surface area (Å²) in [5.41, 5.74) is 2.24. The van der Waals surface area contributed by atoms with Crippen LogP contribution in [0.25, 0.3) is 16.8 Å². The van der Waals surface area contributed by atoms with E-state index in [2.05, 4.69) is 0 Å². The molecule has 35 heavy (non-hydrogen) atoms. The summed E-state index contributed by atoms with van der Waals surface area (Å²) in [7, 11) is 0. The number of nitrogens with zero attached hydrogens (tertiary/aromatic N) is 3. The van der Waals surface area contributed by atoms with E-state index in [1.165, 1.54) is 12.1 Å². The summed E-state index contributed by atoms with van der Waals surface area (Å²) in [4.78, 5) is 20.7. The Morgan fingerprint density at radius 2 is 1.71 bits per heavy atom. The Hall–Kier alpha value is -3.51. The average molecular weight is 470 g/mol. The third kappa shape index (κ3) is 3.64. The number of hydrogen-bond acceptors (Lipinski definition) is 3. The minimum atomic E-state index is -0.933. The predicted molar refractivity (Wildman–Crippen MR) is 132 cm³/mol. The zero-order chi connectivity index (χ0) is 24.0. The molecule has 1 N–H and O–H groups in total. The third-order valence-corrected chi connectivity index (χ3v) is 7.87. The second-order valence-corrected chi connectivity index (χ2v) is 9.74. The summed E-state index contributed by atoms with van der Waals surface area (Å²) in [5, 5.41) is 11.9. The number of pyridine rings is 1. The Bertz CT molecular complexity index is 1370. The lowest BCUT2D eigenvalue weighted by atomic mass is 9.66. The van der Waals surface area contributed by atoms with E-state index in [9.17, 15) is 14.3 Å². The van der Waals surface area contributed by atoms with Gasteiger partial charge in [0.1, 0.15) is 5.82 Å². The van der Waals surface area contributed by atoms with E-state index in [4.69, 9.17) is 4.98 Å². The van der Waals surface area contributed by atoms with Gasteiger partial charge in [-0.2, -0.15) is 0 Å². The second kappa shape index (κ2) is 8.61. The van der Waals surface area contributed by atoms with Gasteiger partial charge in [0, 0.05) is 30.3 Å². The first-order chi connectivity index (χ1) is 17.1. The van der Waals surface area contributed by atoms with Gasteiger partial charge in [0.05, 0.1) is 16.8 Å². The number of likely N-dealkylation sites (tertiary alicyclic amines) is 1. The number of aliphatic hydroxyl groups is 1. The van der Waals surface area contributed by atoms with Gasteiger partial charge in [0.25, 0.3) is 5.91 Å². The van der Waals surface area contributed by atoms with Gasteiger partial charge in [0.15, 0.2) is 0 Å². The number of amides is 1. The fourth-order valence-corrected chi connectivity index (χ4v) is 6.16. The van der Waals surface area contributed by atoms with Crippen LogP contribution >= 0.6 is 0 Å². The molecule has 6 rings (SSSR count). The molecule has 3 unspecified atom stereocenters. The molecule has 1 amide bonds. The number of fused-ring (bicyclic) bond motifs is 2. The van der Waals surface area contributed by atoms with Gasteiger partial charge in [-0.3, -0.25) is 9.20 Å². The molecule has 1 saturated carbocycles. The number of piperidine rings is 1. The molecule has 0 radical (unpaired) electrons. The summed E-state index contributed by atoms with van der Waals surface area (Å²) in [6.07, 6.45) is 6.21. The number of benzene rings is 2. The molecular weight excluding hydrogens is 441 g/mol. The topological polar surface area (TPSA) is 57.8 Å². The normalized spacial score (nSPS) is 24.3. The molecule has 1 aliphatic carbocycles. The largest absolute Gasteiger partial charge is 0.385 e. The minimum absolute atomic E-state index is 0.0147. The molecule has 1 saturated heterocycles. The van der Waals surface area contributed by atoms with Crippen molar-refractivity contribution in [3.63, 3.8) is 0 Å². The van der Waals surface area contributed by atoms with Crippen molar-refractivity contribution in [2.75, 3.05) is 6.54 Å². The summed E-state index contributed by atoms with van der Waals surface area (Å²) in [6, 6.07) is 21.8. The summed E-state index contributed by atoms with van der Waals surface area (Å²) in [6.45, 7) is 0.471. The van der Waals surface area contributed by atoms with Gasteiger partial charge in [-0.05, 0) is 61.2 Å². The van der Waals surface area contributed by atoms with Crippen LogP contribution in [0.3, 0.4) is 0 Å². The first-order valence-electron chi connectivity index (χ1n) is 12.4. The van der Waals surface area contributed by atoms with Gasteiger partial charge in [-0.15, -0.1) is 0 Å². The Labute approximate surface area is 203 Å². The standard InChI is InChI=1S/C29H28FN3O2/c30-22-15-13-20(14-16-22)26-25-12-6-7-18-32(25)27(31-26)28(34)33-19-17-29(35,21-8-2-1-3-9-21)23-10-4-5-11-24(23)33/h1-3,6-9,12-16,18,23-24,35H,4-5,10-11,17,19H2. The van der Waals surface area contributed by atoms with Crippen molar-refractivity contribution in [2.24, 2.45) is 5.92 Å². The average Bonchev–Trinajstić information content (AvgIpc) is 3.29. The van der Waals surface area contributed by atoms with Crippen LogP contribution in [0.1, 0.15) is 48.3 Å². The maximum atomic E-state index is 14.0.